The lowest BCUT2D eigenvalue weighted by Crippen LogP contribution is -1.96. The van der Waals surface area contributed by atoms with Crippen molar-refractivity contribution in [2.75, 3.05) is 0 Å². The van der Waals surface area contributed by atoms with Crippen molar-refractivity contribution in [1.82, 2.24) is 0 Å². The van der Waals surface area contributed by atoms with Gasteiger partial charge >= 0.3 is 0 Å². The molecule has 0 aliphatic heterocycles. The maximum absolute atomic E-state index is 6.43. The van der Waals surface area contributed by atoms with Crippen LogP contribution >= 0.6 is 0 Å². The van der Waals surface area contributed by atoms with Gasteiger partial charge in [-0.2, -0.15) is 0 Å². The van der Waals surface area contributed by atoms with Gasteiger partial charge in [0.2, 0.25) is 0 Å². The van der Waals surface area contributed by atoms with Gasteiger partial charge in [-0.3, -0.25) is 0 Å². The molecule has 15 rings (SSSR count). The average molecular weight is 821 g/mol. The summed E-state index contributed by atoms with van der Waals surface area (Å²) in [4.78, 5) is 0. The van der Waals surface area contributed by atoms with E-state index in [-0.39, 0.29) is 0 Å². The van der Waals surface area contributed by atoms with Crippen molar-refractivity contribution >= 4 is 108 Å². The van der Waals surface area contributed by atoms with E-state index in [1.807, 2.05) is 0 Å². The van der Waals surface area contributed by atoms with Crippen LogP contribution in [0.2, 0.25) is 0 Å². The fourth-order valence-corrected chi connectivity index (χ4v) is 11.7. The fourth-order valence-electron chi connectivity index (χ4n) is 11.7. The maximum Gasteiger partial charge on any atom is 0.135 e. The van der Waals surface area contributed by atoms with Crippen LogP contribution in [0.5, 0.6) is 0 Å². The second-order valence-electron chi connectivity index (χ2n) is 17.9. The molecule has 15 aromatic rings. The molecule has 14 aromatic carbocycles. The summed E-state index contributed by atoms with van der Waals surface area (Å²) in [6.07, 6.45) is 0. The van der Waals surface area contributed by atoms with Crippen molar-refractivity contribution in [3.8, 4) is 44.5 Å². The van der Waals surface area contributed by atoms with Crippen LogP contribution in [0.25, 0.3) is 153 Å². The number of rotatable bonds is 4. The lowest BCUT2D eigenvalue weighted by Gasteiger charge is -2.23. The largest absolute Gasteiger partial charge is 0.456 e. The van der Waals surface area contributed by atoms with Crippen LogP contribution in [0.1, 0.15) is 0 Å². The summed E-state index contributed by atoms with van der Waals surface area (Å²) in [5, 5.41) is 22.6. The van der Waals surface area contributed by atoms with Crippen LogP contribution in [-0.2, 0) is 0 Å². The minimum absolute atomic E-state index is 0.894. The first-order chi connectivity index (χ1) is 32.2. The molecule has 1 nitrogen and oxygen atoms in total. The lowest BCUT2D eigenvalue weighted by molar-refractivity contribution is 0.669. The van der Waals surface area contributed by atoms with Gasteiger partial charge in [0, 0.05) is 10.8 Å². The molecule has 0 radical (unpaired) electrons. The summed E-state index contributed by atoms with van der Waals surface area (Å²) < 4.78 is 6.43. The molecular weight excluding hydrogens is 785 g/mol. The molecule has 0 aliphatic carbocycles. The normalized spacial score (nSPS) is 12.3. The first-order valence-corrected chi connectivity index (χ1v) is 22.6. The molecule has 0 amide bonds. The van der Waals surface area contributed by atoms with Crippen molar-refractivity contribution in [2.24, 2.45) is 0 Å². The Morgan fingerprint density at radius 3 is 1.37 bits per heavy atom. The van der Waals surface area contributed by atoms with Gasteiger partial charge in [0.05, 0.1) is 0 Å². The minimum atomic E-state index is 0.894. The second-order valence-corrected chi connectivity index (χ2v) is 17.9. The number of para-hydroxylation sites is 1. The topological polar surface area (TPSA) is 13.1 Å². The van der Waals surface area contributed by atoms with Gasteiger partial charge in [0.1, 0.15) is 11.2 Å². The molecule has 65 heavy (non-hydrogen) atoms. The highest BCUT2D eigenvalue weighted by molar-refractivity contribution is 6.28. The predicted molar refractivity (Wildman–Crippen MR) is 278 cm³/mol. The summed E-state index contributed by atoms with van der Waals surface area (Å²) in [5.41, 5.74) is 11.5. The van der Waals surface area contributed by atoms with Gasteiger partial charge in [-0.1, -0.05) is 182 Å². The zero-order valence-electron chi connectivity index (χ0n) is 35.2. The maximum atomic E-state index is 6.43. The third-order valence-corrected chi connectivity index (χ3v) is 14.5. The van der Waals surface area contributed by atoms with E-state index in [1.165, 1.54) is 125 Å². The molecule has 0 saturated carbocycles. The monoisotopic (exact) mass is 820 g/mol. The summed E-state index contributed by atoms with van der Waals surface area (Å²) in [6, 6.07) is 81.7. The number of furan rings is 1. The Hall–Kier alpha value is -8.52. The Morgan fingerprint density at radius 2 is 0.708 bits per heavy atom. The van der Waals surface area contributed by atoms with E-state index >= 15 is 0 Å². The second kappa shape index (κ2) is 13.0. The first-order valence-electron chi connectivity index (χ1n) is 22.6. The van der Waals surface area contributed by atoms with Gasteiger partial charge < -0.3 is 4.42 Å². The highest BCUT2D eigenvalue weighted by Gasteiger charge is 2.24. The molecule has 0 atom stereocenters. The first kappa shape index (κ1) is 35.0. The fraction of sp³-hybridized carbons (Fsp3) is 0. The highest BCUT2D eigenvalue weighted by Crippen LogP contribution is 2.51. The van der Waals surface area contributed by atoms with Crippen LogP contribution in [0.15, 0.2) is 223 Å². The van der Waals surface area contributed by atoms with Gasteiger partial charge in [0.15, 0.2) is 0 Å². The zero-order chi connectivity index (χ0) is 42.3. The Labute approximate surface area is 373 Å². The molecule has 0 spiro atoms. The lowest BCUT2D eigenvalue weighted by atomic mass is 9.80. The van der Waals surface area contributed by atoms with E-state index in [4.69, 9.17) is 4.42 Å². The summed E-state index contributed by atoms with van der Waals surface area (Å²) >= 11 is 0. The smallest absolute Gasteiger partial charge is 0.135 e. The van der Waals surface area contributed by atoms with Crippen molar-refractivity contribution in [1.29, 1.82) is 0 Å². The van der Waals surface area contributed by atoms with Gasteiger partial charge in [-0.05, 0) is 167 Å². The molecule has 0 N–H and O–H groups in total. The van der Waals surface area contributed by atoms with E-state index in [1.54, 1.807) is 0 Å². The molecule has 298 valence electrons. The quantitative estimate of drug-likeness (QED) is 0.161. The molecule has 0 unspecified atom stereocenters. The van der Waals surface area contributed by atoms with Crippen molar-refractivity contribution < 1.29 is 4.42 Å². The van der Waals surface area contributed by atoms with E-state index in [0.29, 0.717) is 0 Å². The molecule has 0 fully saturated rings. The average Bonchev–Trinajstić information content (AvgIpc) is 3.74. The van der Waals surface area contributed by atoms with Gasteiger partial charge in [-0.15, -0.1) is 0 Å². The Morgan fingerprint density at radius 1 is 0.215 bits per heavy atom. The van der Waals surface area contributed by atoms with Crippen molar-refractivity contribution in [3.63, 3.8) is 0 Å². The summed E-state index contributed by atoms with van der Waals surface area (Å²) in [6.45, 7) is 0. The van der Waals surface area contributed by atoms with E-state index in [2.05, 4.69) is 218 Å². The van der Waals surface area contributed by atoms with Crippen LogP contribution in [0.3, 0.4) is 0 Å². The number of fused-ring (bicyclic) bond motifs is 5. The standard InChI is InChI=1S/C64H36O/c1-3-15-47-43(9-1)33-46(36-54(47)49-28-23-41-21-19-37-11-7-13-39-25-30-52(49)61(41)59(37)39)64-56(50-29-24-42-22-20-38-12-8-14-40-26-31-53(50)62(42)60(38)40)34-44-10-2-4-16-48(44)63(64)45-27-32-58-55(35-45)51-17-5-6-18-57(51)65-58/h1-36H. The molecule has 0 aliphatic rings. The van der Waals surface area contributed by atoms with Crippen LogP contribution < -0.4 is 0 Å². The van der Waals surface area contributed by atoms with Crippen LogP contribution in [0.4, 0.5) is 0 Å². The van der Waals surface area contributed by atoms with E-state index in [0.717, 1.165) is 27.5 Å². The number of hydrogen-bond donors (Lipinski definition) is 0. The molecule has 1 heteroatoms. The number of benzene rings is 14. The third kappa shape index (κ3) is 4.93. The van der Waals surface area contributed by atoms with Crippen molar-refractivity contribution in [2.45, 2.75) is 0 Å². The molecular formula is C64H36O. The zero-order valence-corrected chi connectivity index (χ0v) is 35.2. The van der Waals surface area contributed by atoms with E-state index < -0.39 is 0 Å². The molecule has 1 aromatic heterocycles. The Bertz CT molecular complexity index is 4440. The number of hydrogen-bond acceptors (Lipinski definition) is 1. The third-order valence-electron chi connectivity index (χ3n) is 14.5. The summed E-state index contributed by atoms with van der Waals surface area (Å²) in [5.74, 6) is 0. The predicted octanol–water partition coefficient (Wildman–Crippen LogP) is 18.4. The van der Waals surface area contributed by atoms with Gasteiger partial charge in [0.25, 0.3) is 0 Å². The summed E-state index contributed by atoms with van der Waals surface area (Å²) in [7, 11) is 0. The Kier molecular flexibility index (Phi) is 7.01. The van der Waals surface area contributed by atoms with Crippen molar-refractivity contribution in [3.05, 3.63) is 218 Å². The van der Waals surface area contributed by atoms with Crippen LogP contribution in [-0.4, -0.2) is 0 Å². The van der Waals surface area contributed by atoms with E-state index in [9.17, 15) is 0 Å². The Balaban J connectivity index is 1.10. The SMILES string of the molecule is c1ccc2c(-c3ccc4ccc5cccc6ccc3c4c56)cc(-c3c(-c4ccc5ccc6cccc7ccc4c5c67)cc4ccccc4c3-c3ccc4oc5ccccc5c4c3)cc2c1. The minimum Gasteiger partial charge on any atom is -0.456 e. The van der Waals surface area contributed by atoms with Crippen LogP contribution in [0, 0.1) is 0 Å². The molecule has 0 bridgehead atoms. The molecule has 1 heterocycles. The molecule has 0 saturated heterocycles. The highest BCUT2D eigenvalue weighted by atomic mass is 16.3. The van der Waals surface area contributed by atoms with Gasteiger partial charge in [-0.25, -0.2) is 0 Å².